The summed E-state index contributed by atoms with van der Waals surface area (Å²) in [5, 5.41) is 0.785. The third-order valence-corrected chi connectivity index (χ3v) is 8.67. The van der Waals surface area contributed by atoms with Gasteiger partial charge in [0.05, 0.1) is 29.3 Å². The number of pyridine rings is 1. The minimum atomic E-state index is -0.202. The first kappa shape index (κ1) is 19.2. The number of ether oxygens (including phenoxy) is 1. The van der Waals surface area contributed by atoms with Crippen LogP contribution in [0, 0.1) is 23.2 Å². The molecule has 0 radical (unpaired) electrons. The molecule has 6 heteroatoms. The maximum Gasteiger partial charge on any atom is 0.235 e. The summed E-state index contributed by atoms with van der Waals surface area (Å²) in [7, 11) is 1.67. The van der Waals surface area contributed by atoms with Crippen LogP contribution < -0.4 is 9.64 Å². The van der Waals surface area contributed by atoms with Crippen LogP contribution in [0.25, 0.3) is 10.2 Å². The number of carbonyl (C=O) groups excluding carboxylic acids is 1. The second-order valence-corrected chi connectivity index (χ2v) is 10.8. The minimum absolute atomic E-state index is 0.202. The zero-order valence-electron chi connectivity index (χ0n) is 17.8. The highest BCUT2D eigenvalue weighted by molar-refractivity contribution is 7.22. The smallest absolute Gasteiger partial charge is 0.235 e. The predicted molar refractivity (Wildman–Crippen MR) is 122 cm³/mol. The molecule has 4 fully saturated rings. The molecule has 1 amide bonds. The largest absolute Gasteiger partial charge is 0.497 e. The van der Waals surface area contributed by atoms with Crippen molar-refractivity contribution in [1.29, 1.82) is 0 Å². The van der Waals surface area contributed by atoms with E-state index in [0.29, 0.717) is 6.54 Å². The van der Waals surface area contributed by atoms with Crippen molar-refractivity contribution in [1.82, 2.24) is 9.97 Å². The summed E-state index contributed by atoms with van der Waals surface area (Å²) >= 11 is 1.59. The fraction of sp³-hybridized carbons (Fsp3) is 0.480. The minimum Gasteiger partial charge on any atom is -0.497 e. The number of fused-ring (bicyclic) bond motifs is 1. The summed E-state index contributed by atoms with van der Waals surface area (Å²) in [5.74, 6) is 3.26. The summed E-state index contributed by atoms with van der Waals surface area (Å²) in [5.41, 5.74) is 1.72. The van der Waals surface area contributed by atoms with Gasteiger partial charge in [-0.2, -0.15) is 0 Å². The molecule has 0 atom stereocenters. The second kappa shape index (κ2) is 7.30. The fourth-order valence-corrected chi connectivity index (χ4v) is 7.64. The number of amides is 1. The van der Waals surface area contributed by atoms with Crippen LogP contribution in [0.2, 0.25) is 0 Å². The van der Waals surface area contributed by atoms with Gasteiger partial charge in [-0.25, -0.2) is 4.98 Å². The summed E-state index contributed by atoms with van der Waals surface area (Å²) in [6.07, 6.45) is 10.8. The Hall–Kier alpha value is -2.47. The zero-order chi connectivity index (χ0) is 21.0. The van der Waals surface area contributed by atoms with Gasteiger partial charge in [-0.05, 0) is 80.0 Å². The number of hydrogen-bond donors (Lipinski definition) is 0. The van der Waals surface area contributed by atoms with Crippen LogP contribution in [0.5, 0.6) is 5.75 Å². The van der Waals surface area contributed by atoms with Gasteiger partial charge >= 0.3 is 0 Å². The lowest BCUT2D eigenvalue weighted by Gasteiger charge is -2.56. The molecule has 4 bridgehead atoms. The Labute approximate surface area is 186 Å². The normalized spacial score (nSPS) is 28.7. The van der Waals surface area contributed by atoms with Crippen LogP contribution in [0.3, 0.4) is 0 Å². The average molecular weight is 434 g/mol. The Balaban J connectivity index is 1.40. The van der Waals surface area contributed by atoms with E-state index in [2.05, 4.69) is 4.98 Å². The molecule has 1 aromatic carbocycles. The molecule has 160 valence electrons. The number of anilines is 1. The lowest BCUT2D eigenvalue weighted by Crippen LogP contribution is -2.54. The quantitative estimate of drug-likeness (QED) is 0.537. The van der Waals surface area contributed by atoms with Gasteiger partial charge in [0.15, 0.2) is 5.13 Å². The molecule has 4 aliphatic carbocycles. The first-order chi connectivity index (χ1) is 15.1. The van der Waals surface area contributed by atoms with Crippen LogP contribution >= 0.6 is 11.3 Å². The van der Waals surface area contributed by atoms with Crippen molar-refractivity contribution in [3.05, 3.63) is 48.3 Å². The number of aromatic nitrogens is 2. The summed E-state index contributed by atoms with van der Waals surface area (Å²) in [6, 6.07) is 9.92. The Morgan fingerprint density at radius 1 is 1.16 bits per heavy atom. The Morgan fingerprint density at radius 3 is 2.55 bits per heavy atom. The molecule has 2 aromatic heterocycles. The number of benzene rings is 1. The van der Waals surface area contributed by atoms with Crippen molar-refractivity contribution in [3.8, 4) is 5.75 Å². The van der Waals surface area contributed by atoms with Gasteiger partial charge in [0, 0.05) is 18.5 Å². The number of rotatable bonds is 5. The Kier molecular flexibility index (Phi) is 4.53. The molecule has 0 saturated heterocycles. The molecule has 0 spiro atoms. The molecule has 3 aromatic rings. The van der Waals surface area contributed by atoms with Gasteiger partial charge in [0.1, 0.15) is 5.75 Å². The predicted octanol–water partition coefficient (Wildman–Crippen LogP) is 5.45. The molecule has 0 N–H and O–H groups in total. The maximum atomic E-state index is 14.2. The number of carbonyl (C=O) groups is 1. The van der Waals surface area contributed by atoms with E-state index < -0.39 is 0 Å². The molecule has 4 aliphatic rings. The highest BCUT2D eigenvalue weighted by Gasteiger charge is 2.56. The monoisotopic (exact) mass is 433 g/mol. The molecular weight excluding hydrogens is 406 g/mol. The fourth-order valence-electron chi connectivity index (χ4n) is 6.70. The average Bonchev–Trinajstić information content (AvgIpc) is 3.19. The summed E-state index contributed by atoms with van der Waals surface area (Å²) in [6.45, 7) is 0.519. The molecule has 0 aliphatic heterocycles. The lowest BCUT2D eigenvalue weighted by atomic mass is 9.49. The van der Waals surface area contributed by atoms with Gasteiger partial charge in [-0.3, -0.25) is 14.7 Å². The van der Waals surface area contributed by atoms with Gasteiger partial charge in [-0.15, -0.1) is 0 Å². The van der Waals surface area contributed by atoms with E-state index in [9.17, 15) is 4.79 Å². The van der Waals surface area contributed by atoms with E-state index in [0.717, 1.165) is 63.7 Å². The number of nitrogens with zero attached hydrogens (tertiary/aromatic N) is 3. The van der Waals surface area contributed by atoms with Crippen molar-refractivity contribution < 1.29 is 9.53 Å². The third-order valence-electron chi connectivity index (χ3n) is 7.61. The molecular formula is C25H27N3O2S. The SMILES string of the molecule is COc1ccc2sc(N(Cc3cccnc3)C(=O)C34CC5CC(CC(C5)C3)C4)nc2c1. The van der Waals surface area contributed by atoms with Crippen LogP contribution in [0.4, 0.5) is 5.13 Å². The summed E-state index contributed by atoms with van der Waals surface area (Å²) in [4.78, 5) is 25.4. The van der Waals surface area contributed by atoms with E-state index in [1.807, 2.05) is 41.4 Å². The van der Waals surface area contributed by atoms with Gasteiger partial charge in [0.25, 0.3) is 0 Å². The lowest BCUT2D eigenvalue weighted by molar-refractivity contribution is -0.143. The topological polar surface area (TPSA) is 55.3 Å². The first-order valence-corrected chi connectivity index (χ1v) is 12.1. The van der Waals surface area contributed by atoms with Crippen molar-refractivity contribution in [2.24, 2.45) is 23.2 Å². The van der Waals surface area contributed by atoms with E-state index in [1.165, 1.54) is 19.3 Å². The highest BCUT2D eigenvalue weighted by Crippen LogP contribution is 2.61. The van der Waals surface area contributed by atoms with Gasteiger partial charge in [0.2, 0.25) is 5.91 Å². The molecule has 0 unspecified atom stereocenters. The summed E-state index contributed by atoms with van der Waals surface area (Å²) < 4.78 is 6.45. The van der Waals surface area contributed by atoms with Crippen molar-refractivity contribution in [2.45, 2.75) is 45.1 Å². The van der Waals surface area contributed by atoms with Gasteiger partial charge < -0.3 is 4.74 Å². The van der Waals surface area contributed by atoms with Crippen LogP contribution in [-0.4, -0.2) is 23.0 Å². The first-order valence-electron chi connectivity index (χ1n) is 11.3. The van der Waals surface area contributed by atoms with E-state index in [4.69, 9.17) is 9.72 Å². The van der Waals surface area contributed by atoms with E-state index in [-0.39, 0.29) is 11.3 Å². The molecule has 31 heavy (non-hydrogen) atoms. The molecule has 7 rings (SSSR count). The Morgan fingerprint density at radius 2 is 1.90 bits per heavy atom. The van der Waals surface area contributed by atoms with Crippen LogP contribution in [-0.2, 0) is 11.3 Å². The van der Waals surface area contributed by atoms with Crippen molar-refractivity contribution >= 4 is 32.6 Å². The molecule has 2 heterocycles. The maximum absolute atomic E-state index is 14.2. The highest BCUT2D eigenvalue weighted by atomic mass is 32.1. The van der Waals surface area contributed by atoms with E-state index in [1.54, 1.807) is 24.6 Å². The standard InChI is InChI=1S/C25H27N3O2S/c1-30-20-4-5-22-21(10-20)27-24(31-22)28(15-16-3-2-6-26-14-16)23(29)25-11-17-7-18(12-25)9-19(8-17)13-25/h2-6,10,14,17-19H,7-9,11-13,15H2,1H3. The Bertz CT molecular complexity index is 1090. The molecule has 5 nitrogen and oxygen atoms in total. The zero-order valence-corrected chi connectivity index (χ0v) is 18.6. The second-order valence-electron chi connectivity index (χ2n) is 9.78. The van der Waals surface area contributed by atoms with Crippen molar-refractivity contribution in [2.75, 3.05) is 12.0 Å². The van der Waals surface area contributed by atoms with Crippen LogP contribution in [0.15, 0.2) is 42.7 Å². The van der Waals surface area contributed by atoms with Gasteiger partial charge in [-0.1, -0.05) is 17.4 Å². The van der Waals surface area contributed by atoms with E-state index >= 15 is 0 Å². The van der Waals surface area contributed by atoms with Crippen molar-refractivity contribution in [3.63, 3.8) is 0 Å². The number of hydrogen-bond acceptors (Lipinski definition) is 5. The van der Waals surface area contributed by atoms with Crippen LogP contribution in [0.1, 0.15) is 44.1 Å². The number of thiazole rings is 1. The molecule has 4 saturated carbocycles. The third kappa shape index (κ3) is 3.32. The number of methoxy groups -OCH3 is 1.